The molecule has 0 radical (unpaired) electrons. The van der Waals surface area contributed by atoms with Crippen LogP contribution < -0.4 is 5.32 Å². The van der Waals surface area contributed by atoms with E-state index in [-0.39, 0.29) is 11.8 Å². The lowest BCUT2D eigenvalue weighted by Crippen LogP contribution is -2.42. The van der Waals surface area contributed by atoms with Gasteiger partial charge in [-0.05, 0) is 55.0 Å². The number of imide groups is 1. The molecular formula is C19H14Cl2N4O2S. The quantitative estimate of drug-likeness (QED) is 0.626. The van der Waals surface area contributed by atoms with Gasteiger partial charge in [-0.2, -0.15) is 0 Å². The molecule has 0 saturated carbocycles. The van der Waals surface area contributed by atoms with Crippen molar-refractivity contribution in [2.75, 3.05) is 0 Å². The van der Waals surface area contributed by atoms with Crippen LogP contribution in [0.1, 0.15) is 12.8 Å². The Morgan fingerprint density at radius 1 is 0.964 bits per heavy atom. The third kappa shape index (κ3) is 3.92. The molecule has 28 heavy (non-hydrogen) atoms. The number of piperidine rings is 1. The van der Waals surface area contributed by atoms with Crippen molar-refractivity contribution in [3.05, 3.63) is 58.6 Å². The number of nitrogens with zero attached hydrogens (tertiary/aromatic N) is 3. The fourth-order valence-corrected chi connectivity index (χ4v) is 4.16. The van der Waals surface area contributed by atoms with Gasteiger partial charge >= 0.3 is 0 Å². The van der Waals surface area contributed by atoms with E-state index in [1.165, 1.54) is 11.8 Å². The highest BCUT2D eigenvalue weighted by atomic mass is 35.5. The van der Waals surface area contributed by atoms with Crippen molar-refractivity contribution in [3.63, 3.8) is 0 Å². The average Bonchev–Trinajstić information content (AvgIpc) is 3.09. The summed E-state index contributed by atoms with van der Waals surface area (Å²) < 4.78 is 1.87. The van der Waals surface area contributed by atoms with Gasteiger partial charge in [0.1, 0.15) is 0 Å². The second-order valence-corrected chi connectivity index (χ2v) is 8.23. The van der Waals surface area contributed by atoms with Crippen molar-refractivity contribution in [2.45, 2.75) is 23.2 Å². The number of hydrogen-bond donors (Lipinski definition) is 1. The molecule has 0 bridgehead atoms. The molecule has 1 atom stereocenters. The SMILES string of the molecule is O=C1CCC(Sc2nnc(-c3ccc(Cl)cc3)n2-c2ccc(Cl)cc2)C(=O)N1. The number of aromatic nitrogens is 3. The molecule has 142 valence electrons. The largest absolute Gasteiger partial charge is 0.295 e. The second kappa shape index (κ2) is 7.95. The minimum Gasteiger partial charge on any atom is -0.295 e. The van der Waals surface area contributed by atoms with Crippen LogP contribution in [0.4, 0.5) is 0 Å². The Morgan fingerprint density at radius 2 is 1.61 bits per heavy atom. The Hall–Kier alpha value is -2.35. The number of amides is 2. The molecule has 0 aliphatic carbocycles. The third-order valence-corrected chi connectivity index (χ3v) is 5.97. The fourth-order valence-electron chi connectivity index (χ4n) is 2.87. The van der Waals surface area contributed by atoms with Crippen molar-refractivity contribution < 1.29 is 9.59 Å². The van der Waals surface area contributed by atoms with Gasteiger partial charge < -0.3 is 0 Å². The van der Waals surface area contributed by atoms with Gasteiger partial charge in [0, 0.05) is 27.7 Å². The van der Waals surface area contributed by atoms with Gasteiger partial charge in [0.25, 0.3) is 0 Å². The summed E-state index contributed by atoms with van der Waals surface area (Å²) in [5.41, 5.74) is 1.65. The summed E-state index contributed by atoms with van der Waals surface area (Å²) >= 11 is 13.3. The predicted molar refractivity (Wildman–Crippen MR) is 109 cm³/mol. The molecule has 0 spiro atoms. The lowest BCUT2D eigenvalue weighted by Gasteiger charge is -2.20. The number of carbonyl (C=O) groups excluding carboxylic acids is 2. The summed E-state index contributed by atoms with van der Waals surface area (Å²) in [6, 6.07) is 14.6. The van der Waals surface area contributed by atoms with Crippen LogP contribution in [-0.4, -0.2) is 31.8 Å². The normalized spacial score (nSPS) is 16.9. The molecular weight excluding hydrogens is 419 g/mol. The van der Waals surface area contributed by atoms with Crippen molar-refractivity contribution in [1.82, 2.24) is 20.1 Å². The molecule has 6 nitrogen and oxygen atoms in total. The van der Waals surface area contributed by atoms with Crippen molar-refractivity contribution in [1.29, 1.82) is 0 Å². The topological polar surface area (TPSA) is 76.9 Å². The molecule has 2 aromatic carbocycles. The molecule has 1 aliphatic heterocycles. The van der Waals surface area contributed by atoms with Crippen LogP contribution >= 0.6 is 35.0 Å². The van der Waals surface area contributed by atoms with Crippen LogP contribution in [0.25, 0.3) is 17.1 Å². The first-order chi connectivity index (χ1) is 13.5. The smallest absolute Gasteiger partial charge is 0.240 e. The molecule has 2 amide bonds. The first-order valence-corrected chi connectivity index (χ1v) is 10.1. The maximum atomic E-state index is 12.2. The minimum absolute atomic E-state index is 0.247. The lowest BCUT2D eigenvalue weighted by atomic mass is 10.1. The second-order valence-electron chi connectivity index (χ2n) is 6.18. The molecule has 3 aromatic rings. The molecule has 1 N–H and O–H groups in total. The Kier molecular flexibility index (Phi) is 5.39. The number of hydrogen-bond acceptors (Lipinski definition) is 5. The zero-order chi connectivity index (χ0) is 19.7. The van der Waals surface area contributed by atoms with E-state index in [9.17, 15) is 9.59 Å². The standard InChI is InChI=1S/C19H14Cl2N4O2S/c20-12-3-1-11(2-4-12)17-23-24-19(25(17)14-7-5-13(21)6-8-14)28-15-9-10-16(26)22-18(15)27/h1-8,15H,9-10H2,(H,22,26,27). The zero-order valence-corrected chi connectivity index (χ0v) is 16.8. The highest BCUT2D eigenvalue weighted by molar-refractivity contribution is 8.00. The van der Waals surface area contributed by atoms with Crippen LogP contribution in [0.2, 0.25) is 10.0 Å². The molecule has 2 heterocycles. The van der Waals surface area contributed by atoms with E-state index in [1.54, 1.807) is 24.3 Å². The molecule has 9 heteroatoms. The van der Waals surface area contributed by atoms with Crippen LogP contribution in [0, 0.1) is 0 Å². The van der Waals surface area contributed by atoms with Crippen molar-refractivity contribution >= 4 is 46.8 Å². The Bertz CT molecular complexity index is 1040. The van der Waals surface area contributed by atoms with E-state index in [2.05, 4.69) is 15.5 Å². The Balaban J connectivity index is 1.76. The maximum absolute atomic E-state index is 12.2. The van der Waals surface area contributed by atoms with E-state index < -0.39 is 5.25 Å². The number of nitrogens with one attached hydrogen (secondary N) is 1. The van der Waals surface area contributed by atoms with Crippen LogP contribution in [0.15, 0.2) is 53.7 Å². The van der Waals surface area contributed by atoms with E-state index >= 15 is 0 Å². The van der Waals surface area contributed by atoms with Gasteiger partial charge in [-0.15, -0.1) is 10.2 Å². The average molecular weight is 433 g/mol. The van der Waals surface area contributed by atoms with Gasteiger partial charge in [-0.3, -0.25) is 19.5 Å². The first-order valence-electron chi connectivity index (χ1n) is 8.49. The van der Waals surface area contributed by atoms with Crippen LogP contribution in [0.5, 0.6) is 0 Å². The van der Waals surface area contributed by atoms with Gasteiger partial charge in [-0.1, -0.05) is 35.0 Å². The molecule has 1 fully saturated rings. The summed E-state index contributed by atoms with van der Waals surface area (Å²) in [5, 5.41) is 12.4. The van der Waals surface area contributed by atoms with E-state index in [0.717, 1.165) is 11.3 Å². The van der Waals surface area contributed by atoms with Crippen molar-refractivity contribution in [3.8, 4) is 17.1 Å². The number of halogens is 2. The summed E-state index contributed by atoms with van der Waals surface area (Å²) in [6.07, 6.45) is 0.765. The first kappa shape index (κ1) is 19.0. The van der Waals surface area contributed by atoms with Gasteiger partial charge in [-0.25, -0.2) is 0 Å². The summed E-state index contributed by atoms with van der Waals surface area (Å²) in [4.78, 5) is 23.6. The maximum Gasteiger partial charge on any atom is 0.240 e. The number of rotatable bonds is 4. The van der Waals surface area contributed by atoms with E-state index in [1.807, 2.05) is 28.8 Å². The fraction of sp³-hybridized carbons (Fsp3) is 0.158. The zero-order valence-electron chi connectivity index (χ0n) is 14.4. The summed E-state index contributed by atoms with van der Waals surface area (Å²) in [6.45, 7) is 0. The van der Waals surface area contributed by atoms with E-state index in [4.69, 9.17) is 23.2 Å². The minimum atomic E-state index is -0.411. The van der Waals surface area contributed by atoms with Gasteiger partial charge in [0.15, 0.2) is 11.0 Å². The highest BCUT2D eigenvalue weighted by Gasteiger charge is 2.30. The monoisotopic (exact) mass is 432 g/mol. The number of benzene rings is 2. The Morgan fingerprint density at radius 3 is 2.25 bits per heavy atom. The van der Waals surface area contributed by atoms with Gasteiger partial charge in [0.2, 0.25) is 11.8 Å². The third-order valence-electron chi connectivity index (χ3n) is 4.26. The molecule has 1 aliphatic rings. The van der Waals surface area contributed by atoms with Crippen LogP contribution in [-0.2, 0) is 9.59 Å². The molecule has 4 rings (SSSR count). The Labute approximate surface area is 175 Å². The lowest BCUT2D eigenvalue weighted by molar-refractivity contribution is -0.132. The molecule has 1 unspecified atom stereocenters. The van der Waals surface area contributed by atoms with Crippen molar-refractivity contribution in [2.24, 2.45) is 0 Å². The number of thioether (sulfide) groups is 1. The predicted octanol–water partition coefficient (Wildman–Crippen LogP) is 4.14. The molecule has 1 aromatic heterocycles. The number of carbonyl (C=O) groups is 2. The molecule has 1 saturated heterocycles. The summed E-state index contributed by atoms with van der Waals surface area (Å²) in [7, 11) is 0. The van der Waals surface area contributed by atoms with Gasteiger partial charge in [0.05, 0.1) is 5.25 Å². The van der Waals surface area contributed by atoms with Crippen LogP contribution in [0.3, 0.4) is 0 Å². The highest BCUT2D eigenvalue weighted by Crippen LogP contribution is 2.33. The summed E-state index contributed by atoms with van der Waals surface area (Å²) in [5.74, 6) is 0.0663. The van der Waals surface area contributed by atoms with E-state index in [0.29, 0.717) is 33.9 Å².